The Morgan fingerprint density at radius 3 is 2.55 bits per heavy atom. The van der Waals surface area contributed by atoms with Crippen LogP contribution in [0, 0.1) is 0 Å². The summed E-state index contributed by atoms with van der Waals surface area (Å²) in [7, 11) is 0. The molecule has 0 aromatic carbocycles. The molecule has 1 aliphatic rings. The zero-order valence-electron chi connectivity index (χ0n) is 6.55. The molecule has 1 fully saturated rings. The topological polar surface area (TPSA) is 20.3 Å². The van der Waals surface area contributed by atoms with E-state index in [9.17, 15) is 9.18 Å². The molecule has 0 spiro atoms. The summed E-state index contributed by atoms with van der Waals surface area (Å²) in [6.45, 7) is 2.71. The summed E-state index contributed by atoms with van der Waals surface area (Å²) >= 11 is 1.81. The smallest absolute Gasteiger partial charge is 0.256 e. The lowest BCUT2D eigenvalue weighted by Gasteiger charge is -2.26. The van der Waals surface area contributed by atoms with E-state index in [0.29, 0.717) is 13.1 Å². The predicted molar refractivity (Wildman–Crippen MR) is 44.5 cm³/mol. The van der Waals surface area contributed by atoms with Gasteiger partial charge < -0.3 is 4.90 Å². The number of hydrogen-bond acceptors (Lipinski definition) is 2. The number of halogens is 1. The van der Waals surface area contributed by atoms with E-state index in [2.05, 4.69) is 0 Å². The van der Waals surface area contributed by atoms with Crippen molar-refractivity contribution in [1.82, 2.24) is 4.90 Å². The quantitative estimate of drug-likeness (QED) is 0.593. The fraction of sp³-hybridized carbons (Fsp3) is 0.857. The lowest BCUT2D eigenvalue weighted by atomic mass is 10.3. The van der Waals surface area contributed by atoms with Crippen molar-refractivity contribution in [3.05, 3.63) is 0 Å². The third-order valence-corrected chi connectivity index (χ3v) is 2.61. The van der Waals surface area contributed by atoms with E-state index >= 15 is 0 Å². The Bertz CT molecular complexity index is 145. The van der Waals surface area contributed by atoms with Crippen LogP contribution in [0.5, 0.6) is 0 Å². The Kier molecular flexibility index (Phi) is 3.17. The molecule has 0 aliphatic carbocycles. The van der Waals surface area contributed by atoms with Crippen LogP contribution in [0.4, 0.5) is 4.39 Å². The van der Waals surface area contributed by atoms with Crippen molar-refractivity contribution in [3.63, 3.8) is 0 Å². The van der Waals surface area contributed by atoms with Crippen molar-refractivity contribution in [3.8, 4) is 0 Å². The van der Waals surface area contributed by atoms with Crippen LogP contribution in [-0.2, 0) is 4.79 Å². The molecule has 0 radical (unpaired) electrons. The van der Waals surface area contributed by atoms with E-state index in [0.717, 1.165) is 11.5 Å². The summed E-state index contributed by atoms with van der Waals surface area (Å²) < 4.78 is 12.5. The highest BCUT2D eigenvalue weighted by Crippen LogP contribution is 2.10. The van der Waals surface area contributed by atoms with Crippen molar-refractivity contribution in [2.75, 3.05) is 24.6 Å². The molecular weight excluding hydrogens is 165 g/mol. The normalized spacial score (nSPS) is 21.5. The second-order valence-electron chi connectivity index (χ2n) is 2.55. The molecule has 0 bridgehead atoms. The van der Waals surface area contributed by atoms with Gasteiger partial charge >= 0.3 is 0 Å². The van der Waals surface area contributed by atoms with E-state index in [1.807, 2.05) is 11.8 Å². The van der Waals surface area contributed by atoms with Gasteiger partial charge in [0.15, 0.2) is 6.17 Å². The van der Waals surface area contributed by atoms with Gasteiger partial charge in [0.1, 0.15) is 0 Å². The lowest BCUT2D eigenvalue weighted by molar-refractivity contribution is -0.135. The number of hydrogen-bond donors (Lipinski definition) is 0. The number of nitrogens with zero attached hydrogens (tertiary/aromatic N) is 1. The maximum Gasteiger partial charge on any atom is 0.256 e. The highest BCUT2D eigenvalue weighted by molar-refractivity contribution is 7.99. The minimum absolute atomic E-state index is 0.356. The first-order valence-corrected chi connectivity index (χ1v) is 4.88. The van der Waals surface area contributed by atoms with Crippen LogP contribution in [0.3, 0.4) is 0 Å². The van der Waals surface area contributed by atoms with Crippen LogP contribution in [0.25, 0.3) is 0 Å². The van der Waals surface area contributed by atoms with Crippen molar-refractivity contribution in [2.24, 2.45) is 0 Å². The number of amides is 1. The summed E-state index contributed by atoms with van der Waals surface area (Å²) in [6.07, 6.45) is -1.34. The lowest BCUT2D eigenvalue weighted by Crippen LogP contribution is -2.41. The average molecular weight is 177 g/mol. The molecule has 0 aromatic heterocycles. The molecule has 4 heteroatoms. The minimum atomic E-state index is -1.34. The van der Waals surface area contributed by atoms with Gasteiger partial charge in [-0.1, -0.05) is 0 Å². The van der Waals surface area contributed by atoms with Gasteiger partial charge in [-0.3, -0.25) is 4.79 Å². The Labute approximate surface area is 70.1 Å². The van der Waals surface area contributed by atoms with Crippen LogP contribution in [0.1, 0.15) is 6.92 Å². The number of rotatable bonds is 1. The Morgan fingerprint density at radius 1 is 1.55 bits per heavy atom. The van der Waals surface area contributed by atoms with Gasteiger partial charge in [0.05, 0.1) is 0 Å². The number of carbonyl (C=O) groups excluding carboxylic acids is 1. The van der Waals surface area contributed by atoms with Gasteiger partial charge in [0, 0.05) is 24.6 Å². The molecule has 0 saturated carbocycles. The average Bonchev–Trinajstić information content (AvgIpc) is 2.05. The molecule has 1 atom stereocenters. The maximum atomic E-state index is 12.5. The highest BCUT2D eigenvalue weighted by Gasteiger charge is 2.21. The molecule has 1 heterocycles. The molecule has 11 heavy (non-hydrogen) atoms. The fourth-order valence-corrected chi connectivity index (χ4v) is 1.94. The van der Waals surface area contributed by atoms with Crippen LogP contribution < -0.4 is 0 Å². The summed E-state index contributed by atoms with van der Waals surface area (Å²) in [5.74, 6) is 1.53. The van der Waals surface area contributed by atoms with E-state index in [4.69, 9.17) is 0 Å². The molecule has 1 rings (SSSR count). The van der Waals surface area contributed by atoms with Gasteiger partial charge in [-0.25, -0.2) is 4.39 Å². The molecule has 0 aromatic rings. The van der Waals surface area contributed by atoms with Gasteiger partial charge in [-0.2, -0.15) is 11.8 Å². The third-order valence-electron chi connectivity index (χ3n) is 1.66. The minimum Gasteiger partial charge on any atom is -0.339 e. The van der Waals surface area contributed by atoms with Crippen molar-refractivity contribution >= 4 is 17.7 Å². The molecule has 1 unspecified atom stereocenters. The monoisotopic (exact) mass is 177 g/mol. The van der Waals surface area contributed by atoms with Crippen molar-refractivity contribution in [2.45, 2.75) is 13.1 Å². The Morgan fingerprint density at radius 2 is 2.09 bits per heavy atom. The first-order chi connectivity index (χ1) is 5.22. The van der Waals surface area contributed by atoms with Crippen LogP contribution >= 0.6 is 11.8 Å². The third kappa shape index (κ3) is 2.36. The maximum absolute atomic E-state index is 12.5. The highest BCUT2D eigenvalue weighted by atomic mass is 32.2. The standard InChI is InChI=1S/C7H12FNOS/c1-6(8)7(10)9-2-4-11-5-3-9/h6H,2-5H2,1H3. The molecule has 0 N–H and O–H groups in total. The summed E-state index contributed by atoms with van der Waals surface area (Å²) in [4.78, 5) is 12.6. The predicted octanol–water partition coefficient (Wildman–Crippen LogP) is 0.920. The van der Waals surface area contributed by atoms with Crippen molar-refractivity contribution in [1.29, 1.82) is 0 Å². The molecular formula is C7H12FNOS. The van der Waals surface area contributed by atoms with E-state index in [1.54, 1.807) is 4.90 Å². The van der Waals surface area contributed by atoms with E-state index in [-0.39, 0.29) is 5.91 Å². The molecule has 1 amide bonds. The van der Waals surface area contributed by atoms with Crippen LogP contribution in [0.2, 0.25) is 0 Å². The Hall–Kier alpha value is -0.250. The summed E-state index contributed by atoms with van der Waals surface area (Å²) in [6, 6.07) is 0. The number of carbonyl (C=O) groups is 1. The summed E-state index contributed by atoms with van der Waals surface area (Å²) in [5.41, 5.74) is 0. The zero-order valence-corrected chi connectivity index (χ0v) is 7.36. The zero-order chi connectivity index (χ0) is 8.27. The van der Waals surface area contributed by atoms with Gasteiger partial charge in [0.2, 0.25) is 0 Å². The van der Waals surface area contributed by atoms with Crippen molar-refractivity contribution < 1.29 is 9.18 Å². The van der Waals surface area contributed by atoms with E-state index in [1.165, 1.54) is 6.92 Å². The largest absolute Gasteiger partial charge is 0.339 e. The molecule has 2 nitrogen and oxygen atoms in total. The second-order valence-corrected chi connectivity index (χ2v) is 3.78. The van der Waals surface area contributed by atoms with Gasteiger partial charge in [-0.15, -0.1) is 0 Å². The first kappa shape index (κ1) is 8.84. The van der Waals surface area contributed by atoms with Gasteiger partial charge in [-0.05, 0) is 6.92 Å². The van der Waals surface area contributed by atoms with Crippen LogP contribution in [0.15, 0.2) is 0 Å². The second kappa shape index (κ2) is 3.95. The number of alkyl halides is 1. The summed E-state index contributed by atoms with van der Waals surface area (Å²) in [5, 5.41) is 0. The van der Waals surface area contributed by atoms with E-state index < -0.39 is 6.17 Å². The fourth-order valence-electron chi connectivity index (χ4n) is 1.04. The van der Waals surface area contributed by atoms with Crippen LogP contribution in [-0.4, -0.2) is 41.6 Å². The molecule has 1 aliphatic heterocycles. The first-order valence-electron chi connectivity index (χ1n) is 3.72. The number of thioether (sulfide) groups is 1. The molecule has 64 valence electrons. The SMILES string of the molecule is CC(F)C(=O)N1CCSCC1. The Balaban J connectivity index is 2.39. The van der Waals surface area contributed by atoms with Gasteiger partial charge in [0.25, 0.3) is 5.91 Å². The molecule has 1 saturated heterocycles.